The number of nitrogens with two attached hydrogens (primary N) is 1. The molecule has 0 fully saturated rings. The van der Waals surface area contributed by atoms with E-state index in [0.717, 1.165) is 17.8 Å². The number of aromatic amines is 1. The van der Waals surface area contributed by atoms with Crippen LogP contribution < -0.4 is 16.0 Å². The summed E-state index contributed by atoms with van der Waals surface area (Å²) in [6.45, 7) is 0.466. The molecule has 1 atom stereocenters. The van der Waals surface area contributed by atoms with Gasteiger partial charge in [0, 0.05) is 28.3 Å². The van der Waals surface area contributed by atoms with Crippen LogP contribution in [0, 0.1) is 17.6 Å². The Kier molecular flexibility index (Phi) is 4.82. The lowest BCUT2D eigenvalue weighted by atomic mass is 10.0. The third-order valence-electron chi connectivity index (χ3n) is 5.72. The minimum Gasteiger partial charge on any atom is -0.491 e. The third kappa shape index (κ3) is 3.39. The molecule has 0 amide bonds. The number of halogens is 3. The molecule has 4 aromatic rings. The van der Waals surface area contributed by atoms with E-state index >= 15 is 0 Å². The third-order valence-corrected chi connectivity index (χ3v) is 5.72. The van der Waals surface area contributed by atoms with Crippen molar-refractivity contribution < 1.29 is 17.9 Å². The van der Waals surface area contributed by atoms with Gasteiger partial charge in [0.25, 0.3) is 5.56 Å². The molecule has 2 aromatic carbocycles. The van der Waals surface area contributed by atoms with Gasteiger partial charge in [-0.3, -0.25) is 9.69 Å². The van der Waals surface area contributed by atoms with Crippen molar-refractivity contribution in [3.8, 4) is 28.3 Å². The number of aromatic nitrogens is 3. The standard InChI is InChI=1S/C23H18F3N5O2/c1-31(2)16-9-33-17-4-3-10(5-13(16)17)19-21(26)30-22(27)20(29-19)11-6-12-15(25)8-28-23(32)18(12)14(24)7-11/h3-8,16H,9H2,1-2H3,(H2,27,30)(H,28,32). The predicted octanol–water partition coefficient (Wildman–Crippen LogP) is 3.65. The lowest BCUT2D eigenvalue weighted by molar-refractivity contribution is 0.227. The average Bonchev–Trinajstić information content (AvgIpc) is 3.19. The quantitative estimate of drug-likeness (QED) is 0.492. The maximum Gasteiger partial charge on any atom is 0.258 e. The van der Waals surface area contributed by atoms with E-state index < -0.39 is 28.5 Å². The van der Waals surface area contributed by atoms with Gasteiger partial charge in [0.15, 0.2) is 5.82 Å². The van der Waals surface area contributed by atoms with Crippen LogP contribution in [-0.4, -0.2) is 40.6 Å². The molecule has 3 heterocycles. The van der Waals surface area contributed by atoms with Crippen molar-refractivity contribution in [2.45, 2.75) is 6.04 Å². The second kappa shape index (κ2) is 7.59. The number of hydrogen-bond acceptors (Lipinski definition) is 6. The highest BCUT2D eigenvalue weighted by molar-refractivity contribution is 5.88. The molecule has 0 radical (unpaired) electrons. The second-order valence-corrected chi connectivity index (χ2v) is 7.99. The molecular formula is C23H18F3N5O2. The largest absolute Gasteiger partial charge is 0.491 e. The number of nitrogen functional groups attached to an aromatic ring is 1. The summed E-state index contributed by atoms with van der Waals surface area (Å²) in [5.41, 5.74) is 6.35. The number of hydrogen-bond donors (Lipinski definition) is 2. The summed E-state index contributed by atoms with van der Waals surface area (Å²) in [7, 11) is 3.83. The summed E-state index contributed by atoms with van der Waals surface area (Å²) in [5, 5.41) is -0.676. The number of benzene rings is 2. The van der Waals surface area contributed by atoms with E-state index in [9.17, 15) is 18.0 Å². The number of rotatable bonds is 3. The molecule has 0 saturated carbocycles. The van der Waals surface area contributed by atoms with E-state index in [1.807, 2.05) is 19.0 Å². The number of fused-ring (bicyclic) bond motifs is 2. The van der Waals surface area contributed by atoms with Gasteiger partial charge in [-0.25, -0.2) is 13.8 Å². The summed E-state index contributed by atoms with van der Waals surface area (Å²) in [4.78, 5) is 24.1. The number of nitrogens with one attached hydrogen (secondary N) is 1. The van der Waals surface area contributed by atoms with Gasteiger partial charge in [-0.05, 0) is 44.4 Å². The van der Waals surface area contributed by atoms with Gasteiger partial charge in [-0.15, -0.1) is 0 Å². The van der Waals surface area contributed by atoms with E-state index in [4.69, 9.17) is 10.5 Å². The Bertz CT molecular complexity index is 1490. The zero-order chi connectivity index (χ0) is 23.4. The lowest BCUT2D eigenvalue weighted by Crippen LogP contribution is -2.20. The monoisotopic (exact) mass is 453 g/mol. The Morgan fingerprint density at radius 2 is 1.85 bits per heavy atom. The summed E-state index contributed by atoms with van der Waals surface area (Å²) in [5.74, 6) is -2.29. The first kappa shape index (κ1) is 21.0. The molecule has 5 rings (SSSR count). The SMILES string of the molecule is CN(C)C1COc2ccc(-c3nc(-c4cc(F)c5c(=O)[nH]cc(F)c5c4)c(N)nc3F)cc21. The summed E-state index contributed by atoms with van der Waals surface area (Å²) in [6, 6.07) is 7.36. The summed E-state index contributed by atoms with van der Waals surface area (Å²) >= 11 is 0. The number of ether oxygens (including phenoxy) is 1. The van der Waals surface area contributed by atoms with Gasteiger partial charge in [-0.2, -0.15) is 9.37 Å². The van der Waals surface area contributed by atoms with Crippen LogP contribution >= 0.6 is 0 Å². The number of pyridine rings is 1. The van der Waals surface area contributed by atoms with Gasteiger partial charge in [0.2, 0.25) is 5.95 Å². The van der Waals surface area contributed by atoms with Crippen molar-refractivity contribution in [1.29, 1.82) is 0 Å². The molecule has 1 aliphatic rings. The van der Waals surface area contributed by atoms with Gasteiger partial charge in [0.05, 0.1) is 11.4 Å². The minimum atomic E-state index is -0.959. The first-order valence-corrected chi connectivity index (χ1v) is 10.0. The molecule has 1 unspecified atom stereocenters. The van der Waals surface area contributed by atoms with Crippen LogP contribution in [0.3, 0.4) is 0 Å². The molecule has 3 N–H and O–H groups in total. The van der Waals surface area contributed by atoms with E-state index in [1.165, 1.54) is 6.07 Å². The first-order valence-electron chi connectivity index (χ1n) is 10.0. The zero-order valence-electron chi connectivity index (χ0n) is 17.6. The molecule has 168 valence electrons. The Balaban J connectivity index is 1.68. The molecule has 1 aliphatic heterocycles. The van der Waals surface area contributed by atoms with E-state index in [2.05, 4.69) is 15.0 Å². The molecule has 10 heteroatoms. The lowest BCUT2D eigenvalue weighted by Gasteiger charge is -2.18. The number of anilines is 1. The molecule has 33 heavy (non-hydrogen) atoms. The Morgan fingerprint density at radius 3 is 2.61 bits per heavy atom. The number of H-pyrrole nitrogens is 1. The molecule has 0 saturated heterocycles. The Morgan fingerprint density at radius 1 is 1.06 bits per heavy atom. The highest BCUT2D eigenvalue weighted by Gasteiger charge is 2.27. The van der Waals surface area contributed by atoms with Crippen LogP contribution in [0.5, 0.6) is 5.75 Å². The molecule has 0 aliphatic carbocycles. The van der Waals surface area contributed by atoms with Crippen molar-refractivity contribution in [3.63, 3.8) is 0 Å². The van der Waals surface area contributed by atoms with Crippen LogP contribution in [0.1, 0.15) is 11.6 Å². The van der Waals surface area contributed by atoms with E-state index in [0.29, 0.717) is 17.9 Å². The highest BCUT2D eigenvalue weighted by Crippen LogP contribution is 2.38. The highest BCUT2D eigenvalue weighted by atomic mass is 19.1. The number of nitrogens with zero attached hydrogens (tertiary/aromatic N) is 3. The fourth-order valence-corrected chi connectivity index (χ4v) is 4.04. The maximum absolute atomic E-state index is 14.8. The Labute approximate surface area is 185 Å². The molecule has 0 bridgehead atoms. The van der Waals surface area contributed by atoms with E-state index in [-0.39, 0.29) is 34.2 Å². The molecule has 2 aromatic heterocycles. The fraction of sp³-hybridized carbons (Fsp3) is 0.174. The van der Waals surface area contributed by atoms with Crippen LogP contribution in [-0.2, 0) is 0 Å². The minimum absolute atomic E-state index is 0.0140. The summed E-state index contributed by atoms with van der Waals surface area (Å²) in [6.07, 6.45) is 0.840. The number of likely N-dealkylation sites (N-methyl/N-ethyl adjacent to an activating group) is 1. The molecule has 7 nitrogen and oxygen atoms in total. The second-order valence-electron chi connectivity index (χ2n) is 7.99. The van der Waals surface area contributed by atoms with Crippen molar-refractivity contribution in [2.24, 2.45) is 0 Å². The van der Waals surface area contributed by atoms with Gasteiger partial charge < -0.3 is 15.5 Å². The van der Waals surface area contributed by atoms with Crippen molar-refractivity contribution in [3.05, 3.63) is 70.0 Å². The van der Waals surface area contributed by atoms with Crippen molar-refractivity contribution >= 4 is 16.6 Å². The molecule has 0 spiro atoms. The summed E-state index contributed by atoms with van der Waals surface area (Å²) < 4.78 is 49.5. The maximum atomic E-state index is 14.8. The van der Waals surface area contributed by atoms with Crippen LogP contribution in [0.25, 0.3) is 33.3 Å². The molecular weight excluding hydrogens is 435 g/mol. The Hall–Kier alpha value is -3.92. The smallest absolute Gasteiger partial charge is 0.258 e. The average molecular weight is 453 g/mol. The van der Waals surface area contributed by atoms with Crippen LogP contribution in [0.2, 0.25) is 0 Å². The van der Waals surface area contributed by atoms with Gasteiger partial charge in [0.1, 0.15) is 35.4 Å². The van der Waals surface area contributed by atoms with Crippen molar-refractivity contribution in [1.82, 2.24) is 19.9 Å². The first-order chi connectivity index (χ1) is 15.7. The zero-order valence-corrected chi connectivity index (χ0v) is 17.6. The van der Waals surface area contributed by atoms with Gasteiger partial charge in [-0.1, -0.05) is 0 Å². The van der Waals surface area contributed by atoms with Crippen molar-refractivity contribution in [2.75, 3.05) is 26.4 Å². The predicted molar refractivity (Wildman–Crippen MR) is 117 cm³/mol. The fourth-order valence-electron chi connectivity index (χ4n) is 4.04. The normalized spacial score (nSPS) is 15.2. The van der Waals surface area contributed by atoms with Crippen LogP contribution in [0.4, 0.5) is 19.0 Å². The topological polar surface area (TPSA) is 97.1 Å². The van der Waals surface area contributed by atoms with Gasteiger partial charge >= 0.3 is 0 Å². The van der Waals surface area contributed by atoms with E-state index in [1.54, 1.807) is 18.2 Å². The van der Waals surface area contributed by atoms with Crippen LogP contribution in [0.15, 0.2) is 41.3 Å².